The Kier molecular flexibility index (Phi) is 3.59. The van der Waals surface area contributed by atoms with E-state index in [9.17, 15) is 9.18 Å². The molecular weight excluding hydrogens is 273 g/mol. The van der Waals surface area contributed by atoms with Crippen LogP contribution in [0.1, 0.15) is 36.0 Å². The molecule has 86 valence electrons. The fourth-order valence-electron chi connectivity index (χ4n) is 1.98. The summed E-state index contributed by atoms with van der Waals surface area (Å²) in [5.74, 6) is -0.586. The van der Waals surface area contributed by atoms with E-state index in [2.05, 4.69) is 21.2 Å². The smallest absolute Gasteiger partial charge is 0.251 e. The first kappa shape index (κ1) is 11.6. The molecule has 0 aromatic heterocycles. The summed E-state index contributed by atoms with van der Waals surface area (Å²) in [6, 6.07) is 4.70. The molecule has 2 nitrogen and oxygen atoms in total. The minimum absolute atomic E-state index is 0.182. The van der Waals surface area contributed by atoms with Crippen molar-refractivity contribution < 1.29 is 9.18 Å². The molecule has 1 aliphatic rings. The van der Waals surface area contributed by atoms with E-state index in [4.69, 9.17) is 0 Å². The van der Waals surface area contributed by atoms with Crippen molar-refractivity contribution in [2.45, 2.75) is 31.7 Å². The van der Waals surface area contributed by atoms with E-state index >= 15 is 0 Å². The summed E-state index contributed by atoms with van der Waals surface area (Å²) >= 11 is 3.06. The number of rotatable bonds is 2. The van der Waals surface area contributed by atoms with E-state index in [1.165, 1.54) is 18.9 Å². The van der Waals surface area contributed by atoms with Crippen LogP contribution in [0.5, 0.6) is 0 Å². The average Bonchev–Trinajstić information content (AvgIpc) is 2.74. The van der Waals surface area contributed by atoms with Gasteiger partial charge in [0.15, 0.2) is 0 Å². The first-order valence-corrected chi connectivity index (χ1v) is 6.22. The maximum absolute atomic E-state index is 13.2. The maximum atomic E-state index is 13.2. The Hall–Kier alpha value is -0.900. The molecule has 1 aromatic rings. The predicted molar refractivity (Wildman–Crippen MR) is 63.8 cm³/mol. The summed E-state index contributed by atoms with van der Waals surface area (Å²) in [4.78, 5) is 11.8. The third-order valence-corrected chi connectivity index (χ3v) is 3.52. The molecule has 4 heteroatoms. The summed E-state index contributed by atoms with van der Waals surface area (Å²) in [6.07, 6.45) is 4.40. The second-order valence-electron chi connectivity index (χ2n) is 4.08. The van der Waals surface area contributed by atoms with Gasteiger partial charge in [-0.2, -0.15) is 0 Å². The first-order valence-electron chi connectivity index (χ1n) is 5.43. The lowest BCUT2D eigenvalue weighted by molar-refractivity contribution is 0.0937. The van der Waals surface area contributed by atoms with Crippen molar-refractivity contribution in [2.75, 3.05) is 0 Å². The van der Waals surface area contributed by atoms with E-state index in [0.29, 0.717) is 10.0 Å². The van der Waals surface area contributed by atoms with Crippen LogP contribution in [0, 0.1) is 5.82 Å². The lowest BCUT2D eigenvalue weighted by atomic mass is 10.2. The molecule has 0 bridgehead atoms. The van der Waals surface area contributed by atoms with Crippen molar-refractivity contribution in [2.24, 2.45) is 0 Å². The molecule has 1 aliphatic carbocycles. The van der Waals surface area contributed by atoms with E-state index in [0.717, 1.165) is 12.8 Å². The van der Waals surface area contributed by atoms with Crippen LogP contribution in [0.2, 0.25) is 0 Å². The number of carbonyl (C=O) groups excluding carboxylic acids is 1. The minimum Gasteiger partial charge on any atom is -0.349 e. The third-order valence-electron chi connectivity index (χ3n) is 2.87. The fourth-order valence-corrected chi connectivity index (χ4v) is 2.22. The molecular formula is C12H13BrFNO. The lowest BCUT2D eigenvalue weighted by Crippen LogP contribution is -2.32. The number of amides is 1. The van der Waals surface area contributed by atoms with Gasteiger partial charge < -0.3 is 5.32 Å². The molecule has 16 heavy (non-hydrogen) atoms. The van der Waals surface area contributed by atoms with Gasteiger partial charge in [0.05, 0.1) is 4.47 Å². The van der Waals surface area contributed by atoms with Gasteiger partial charge in [-0.05, 0) is 47.0 Å². The van der Waals surface area contributed by atoms with Gasteiger partial charge in [0.2, 0.25) is 0 Å². The molecule has 0 heterocycles. The largest absolute Gasteiger partial charge is 0.349 e. The lowest BCUT2D eigenvalue weighted by Gasteiger charge is -2.11. The molecule has 1 aromatic carbocycles. The van der Waals surface area contributed by atoms with Crippen LogP contribution in [-0.2, 0) is 0 Å². The highest BCUT2D eigenvalue weighted by molar-refractivity contribution is 9.10. The first-order chi connectivity index (χ1) is 7.66. The van der Waals surface area contributed by atoms with Gasteiger partial charge in [-0.25, -0.2) is 4.39 Å². The molecule has 0 radical (unpaired) electrons. The normalized spacial score (nSPS) is 16.4. The van der Waals surface area contributed by atoms with Crippen LogP contribution < -0.4 is 5.32 Å². The Balaban J connectivity index is 2.05. The van der Waals surface area contributed by atoms with Crippen molar-refractivity contribution in [3.63, 3.8) is 0 Å². The second kappa shape index (κ2) is 4.95. The van der Waals surface area contributed by atoms with Crippen molar-refractivity contribution in [3.05, 3.63) is 34.1 Å². The zero-order valence-electron chi connectivity index (χ0n) is 8.80. The zero-order chi connectivity index (χ0) is 11.5. The minimum atomic E-state index is -0.404. The number of nitrogens with one attached hydrogen (secondary N) is 1. The van der Waals surface area contributed by atoms with Gasteiger partial charge in [-0.15, -0.1) is 0 Å². The summed E-state index contributed by atoms with van der Waals surface area (Å²) in [7, 11) is 0. The number of benzene rings is 1. The quantitative estimate of drug-likeness (QED) is 0.888. The number of hydrogen-bond donors (Lipinski definition) is 1. The average molecular weight is 286 g/mol. The van der Waals surface area contributed by atoms with Gasteiger partial charge >= 0.3 is 0 Å². The van der Waals surface area contributed by atoms with Gasteiger partial charge in [0.25, 0.3) is 5.91 Å². The van der Waals surface area contributed by atoms with Crippen LogP contribution in [0.4, 0.5) is 4.39 Å². The molecule has 1 saturated carbocycles. The van der Waals surface area contributed by atoms with Crippen molar-refractivity contribution >= 4 is 21.8 Å². The van der Waals surface area contributed by atoms with Gasteiger partial charge in [-0.3, -0.25) is 4.79 Å². The van der Waals surface area contributed by atoms with Crippen molar-refractivity contribution in [1.82, 2.24) is 5.32 Å². The third kappa shape index (κ3) is 2.61. The summed E-state index contributed by atoms with van der Waals surface area (Å²) in [5.41, 5.74) is 0.382. The molecule has 2 rings (SSSR count). The Morgan fingerprint density at radius 1 is 1.38 bits per heavy atom. The van der Waals surface area contributed by atoms with Crippen LogP contribution in [0.25, 0.3) is 0 Å². The summed E-state index contributed by atoms with van der Waals surface area (Å²) in [5, 5.41) is 2.92. The Labute approximate surface area is 102 Å². The SMILES string of the molecule is O=C(NC1CCCC1)c1ccc(Br)c(F)c1. The molecule has 0 aliphatic heterocycles. The van der Waals surface area contributed by atoms with Crippen molar-refractivity contribution in [3.8, 4) is 0 Å². The number of carbonyl (C=O) groups is 1. The second-order valence-corrected chi connectivity index (χ2v) is 4.94. The van der Waals surface area contributed by atoms with Gasteiger partial charge in [0, 0.05) is 11.6 Å². The van der Waals surface area contributed by atoms with E-state index < -0.39 is 5.82 Å². The fraction of sp³-hybridized carbons (Fsp3) is 0.417. The van der Waals surface area contributed by atoms with Gasteiger partial charge in [-0.1, -0.05) is 12.8 Å². The predicted octanol–water partition coefficient (Wildman–Crippen LogP) is 3.26. The van der Waals surface area contributed by atoms with Crippen molar-refractivity contribution in [1.29, 1.82) is 0 Å². The molecule has 0 atom stereocenters. The maximum Gasteiger partial charge on any atom is 0.251 e. The van der Waals surface area contributed by atoms with Crippen LogP contribution in [0.3, 0.4) is 0 Å². The summed E-state index contributed by atoms with van der Waals surface area (Å²) in [6.45, 7) is 0. The molecule has 1 amide bonds. The van der Waals surface area contributed by atoms with Crippen LogP contribution in [0.15, 0.2) is 22.7 Å². The topological polar surface area (TPSA) is 29.1 Å². The molecule has 0 spiro atoms. The van der Waals surface area contributed by atoms with Crippen LogP contribution in [-0.4, -0.2) is 11.9 Å². The Morgan fingerprint density at radius 3 is 2.69 bits per heavy atom. The summed E-state index contributed by atoms with van der Waals surface area (Å²) < 4.78 is 13.6. The monoisotopic (exact) mass is 285 g/mol. The zero-order valence-corrected chi connectivity index (χ0v) is 10.4. The highest BCUT2D eigenvalue weighted by Crippen LogP contribution is 2.19. The molecule has 1 fully saturated rings. The number of halogens is 2. The van der Waals surface area contributed by atoms with E-state index in [-0.39, 0.29) is 11.9 Å². The molecule has 1 N–H and O–H groups in total. The Morgan fingerprint density at radius 2 is 2.06 bits per heavy atom. The number of hydrogen-bond acceptors (Lipinski definition) is 1. The molecule has 0 unspecified atom stereocenters. The highest BCUT2D eigenvalue weighted by Gasteiger charge is 2.18. The molecule has 0 saturated heterocycles. The van der Waals surface area contributed by atoms with Gasteiger partial charge in [0.1, 0.15) is 5.82 Å². The highest BCUT2D eigenvalue weighted by atomic mass is 79.9. The van der Waals surface area contributed by atoms with E-state index in [1.54, 1.807) is 12.1 Å². The standard InChI is InChI=1S/C12H13BrFNO/c13-10-6-5-8(7-11(10)14)12(16)15-9-3-1-2-4-9/h5-7,9H,1-4H2,(H,15,16). The van der Waals surface area contributed by atoms with E-state index in [1.807, 2.05) is 0 Å². The Bertz CT molecular complexity index is 402. The van der Waals surface area contributed by atoms with Crippen LogP contribution >= 0.6 is 15.9 Å².